The molecule has 16 heavy (non-hydrogen) atoms. The molecular weight excluding hydrogens is 246 g/mol. The Labute approximate surface area is 102 Å². The average Bonchev–Trinajstić information content (AvgIpc) is 2.20. The van der Waals surface area contributed by atoms with E-state index in [1.54, 1.807) is 0 Å². The zero-order valence-corrected chi connectivity index (χ0v) is 12.2. The van der Waals surface area contributed by atoms with Crippen LogP contribution in [-0.2, 0) is 20.6 Å². The third-order valence-electron chi connectivity index (χ3n) is 2.49. The van der Waals surface area contributed by atoms with Crippen LogP contribution in [0.15, 0.2) is 0 Å². The molecule has 0 heterocycles. The van der Waals surface area contributed by atoms with E-state index in [-0.39, 0.29) is 22.8 Å². The fraction of sp³-hybridized carbons (Fsp3) is 1.00. The van der Waals surface area contributed by atoms with Crippen molar-refractivity contribution < 1.29 is 12.6 Å². The molecule has 0 bridgehead atoms. The molecule has 6 heteroatoms. The van der Waals surface area contributed by atoms with Gasteiger partial charge in [0.1, 0.15) is 9.84 Å². The summed E-state index contributed by atoms with van der Waals surface area (Å²) in [7, 11) is -4.10. The molecule has 0 aromatic rings. The van der Waals surface area contributed by atoms with Gasteiger partial charge in [-0.15, -0.1) is 0 Å². The first-order chi connectivity index (χ1) is 7.28. The molecule has 0 aliphatic heterocycles. The van der Waals surface area contributed by atoms with Gasteiger partial charge < -0.3 is 5.32 Å². The topological polar surface area (TPSA) is 63.2 Å². The first kappa shape index (κ1) is 16.1. The number of sulfone groups is 1. The van der Waals surface area contributed by atoms with E-state index >= 15 is 0 Å². The molecule has 0 radical (unpaired) electrons. The average molecular weight is 269 g/mol. The predicted molar refractivity (Wildman–Crippen MR) is 69.9 cm³/mol. The molecule has 1 N–H and O–H groups in total. The Bertz CT molecular complexity index is 314. The molecule has 0 amide bonds. The van der Waals surface area contributed by atoms with Gasteiger partial charge in [-0.3, -0.25) is 4.21 Å². The smallest absolute Gasteiger partial charge is 0.148 e. The highest BCUT2D eigenvalue weighted by Crippen LogP contribution is 2.03. The minimum absolute atomic E-state index is 0.00441. The van der Waals surface area contributed by atoms with E-state index in [0.29, 0.717) is 0 Å². The van der Waals surface area contributed by atoms with Crippen molar-refractivity contribution in [2.24, 2.45) is 0 Å². The molecule has 0 aromatic carbocycles. The van der Waals surface area contributed by atoms with E-state index in [2.05, 4.69) is 12.2 Å². The second kappa shape index (κ2) is 7.40. The number of hydrogen-bond donors (Lipinski definition) is 1. The summed E-state index contributed by atoms with van der Waals surface area (Å²) < 4.78 is 33.7. The Morgan fingerprint density at radius 3 is 2.31 bits per heavy atom. The van der Waals surface area contributed by atoms with Gasteiger partial charge >= 0.3 is 0 Å². The summed E-state index contributed by atoms with van der Waals surface area (Å²) >= 11 is 0. The van der Waals surface area contributed by atoms with E-state index in [4.69, 9.17) is 0 Å². The minimum atomic E-state index is -3.01. The molecule has 0 rings (SSSR count). The highest BCUT2D eigenvalue weighted by atomic mass is 32.2. The van der Waals surface area contributed by atoms with Crippen molar-refractivity contribution in [3.05, 3.63) is 0 Å². The molecule has 0 fully saturated rings. The van der Waals surface area contributed by atoms with Crippen LogP contribution in [-0.4, -0.2) is 48.2 Å². The van der Waals surface area contributed by atoms with Gasteiger partial charge in [0.2, 0.25) is 0 Å². The van der Waals surface area contributed by atoms with Gasteiger partial charge in [-0.05, 0) is 26.8 Å². The van der Waals surface area contributed by atoms with E-state index < -0.39 is 20.6 Å². The minimum Gasteiger partial charge on any atom is -0.313 e. The van der Waals surface area contributed by atoms with Gasteiger partial charge in [0.15, 0.2) is 0 Å². The summed E-state index contributed by atoms with van der Waals surface area (Å²) in [6, 6.07) is 0.153. The third-order valence-corrected chi connectivity index (χ3v) is 5.54. The maximum atomic E-state index is 11.8. The molecule has 0 saturated carbocycles. The SMILES string of the molecule is CCCNC(C)C(C)S(=O)CCS(C)(=O)=O. The fourth-order valence-corrected chi connectivity index (χ4v) is 3.98. The molecule has 4 nitrogen and oxygen atoms in total. The number of rotatable bonds is 8. The van der Waals surface area contributed by atoms with Crippen molar-refractivity contribution in [1.29, 1.82) is 0 Å². The van der Waals surface area contributed by atoms with Crippen LogP contribution >= 0.6 is 0 Å². The molecular formula is C10H23NO3S2. The Kier molecular flexibility index (Phi) is 7.43. The molecule has 0 aliphatic rings. The van der Waals surface area contributed by atoms with E-state index in [0.717, 1.165) is 13.0 Å². The highest BCUT2D eigenvalue weighted by Gasteiger charge is 2.19. The number of nitrogens with one attached hydrogen (secondary N) is 1. The second-order valence-corrected chi connectivity index (χ2v) is 8.34. The normalized spacial score (nSPS) is 18.0. The van der Waals surface area contributed by atoms with Gasteiger partial charge in [0, 0.05) is 34.1 Å². The van der Waals surface area contributed by atoms with E-state index in [1.807, 2.05) is 13.8 Å². The molecule has 0 aromatic heterocycles. The van der Waals surface area contributed by atoms with Crippen LogP contribution < -0.4 is 5.32 Å². The van der Waals surface area contributed by atoms with Crippen LogP contribution in [0.25, 0.3) is 0 Å². The lowest BCUT2D eigenvalue weighted by molar-refractivity contribution is 0.532. The molecule has 3 unspecified atom stereocenters. The summed E-state index contributed by atoms with van der Waals surface area (Å²) in [4.78, 5) is 0. The van der Waals surface area contributed by atoms with Gasteiger partial charge in [-0.1, -0.05) is 6.92 Å². The Morgan fingerprint density at radius 1 is 1.31 bits per heavy atom. The van der Waals surface area contributed by atoms with Gasteiger partial charge in [-0.25, -0.2) is 8.42 Å². The predicted octanol–water partition coefficient (Wildman–Crippen LogP) is 0.556. The Morgan fingerprint density at radius 2 is 1.88 bits per heavy atom. The summed E-state index contributed by atoms with van der Waals surface area (Å²) in [5.41, 5.74) is 0. The summed E-state index contributed by atoms with van der Waals surface area (Å²) in [6.45, 7) is 6.85. The lowest BCUT2D eigenvalue weighted by atomic mass is 10.2. The Balaban J connectivity index is 4.07. The lowest BCUT2D eigenvalue weighted by Crippen LogP contribution is -2.39. The van der Waals surface area contributed by atoms with Crippen LogP contribution in [0.2, 0.25) is 0 Å². The summed E-state index contributed by atoms with van der Waals surface area (Å²) in [6.07, 6.45) is 2.21. The number of hydrogen-bond acceptors (Lipinski definition) is 4. The first-order valence-electron chi connectivity index (χ1n) is 5.56. The largest absolute Gasteiger partial charge is 0.313 e. The van der Waals surface area contributed by atoms with Crippen molar-refractivity contribution in [1.82, 2.24) is 5.32 Å². The second-order valence-electron chi connectivity index (χ2n) is 4.16. The van der Waals surface area contributed by atoms with Crippen LogP contribution in [0.5, 0.6) is 0 Å². The zero-order valence-electron chi connectivity index (χ0n) is 10.5. The first-order valence-corrected chi connectivity index (χ1v) is 9.00. The molecule has 3 atom stereocenters. The van der Waals surface area contributed by atoms with Gasteiger partial charge in [0.25, 0.3) is 0 Å². The van der Waals surface area contributed by atoms with Crippen LogP contribution in [0, 0.1) is 0 Å². The van der Waals surface area contributed by atoms with Gasteiger partial charge in [-0.2, -0.15) is 0 Å². The van der Waals surface area contributed by atoms with Crippen molar-refractivity contribution in [2.45, 2.75) is 38.5 Å². The third kappa shape index (κ3) is 7.35. The highest BCUT2D eigenvalue weighted by molar-refractivity contribution is 7.92. The Hall–Kier alpha value is 0.0600. The van der Waals surface area contributed by atoms with Crippen molar-refractivity contribution >= 4 is 20.6 Å². The maximum Gasteiger partial charge on any atom is 0.148 e. The molecule has 0 spiro atoms. The standard InChI is InChI=1S/C10H23NO3S2/c1-5-6-11-9(2)10(3)15(12)7-8-16(4,13)14/h9-11H,5-8H2,1-4H3. The lowest BCUT2D eigenvalue weighted by Gasteiger charge is -2.20. The molecule has 0 saturated heterocycles. The van der Waals surface area contributed by atoms with Gasteiger partial charge in [0.05, 0.1) is 5.75 Å². The van der Waals surface area contributed by atoms with Crippen molar-refractivity contribution in [2.75, 3.05) is 24.3 Å². The summed E-state index contributed by atoms with van der Waals surface area (Å²) in [5, 5.41) is 3.25. The fourth-order valence-electron chi connectivity index (χ4n) is 1.19. The summed E-state index contributed by atoms with van der Waals surface area (Å²) in [5.74, 6) is 0.239. The van der Waals surface area contributed by atoms with E-state index in [9.17, 15) is 12.6 Å². The van der Waals surface area contributed by atoms with Crippen molar-refractivity contribution in [3.63, 3.8) is 0 Å². The maximum absolute atomic E-state index is 11.8. The van der Waals surface area contributed by atoms with E-state index in [1.165, 1.54) is 6.26 Å². The zero-order chi connectivity index (χ0) is 12.8. The quantitative estimate of drug-likeness (QED) is 0.699. The van der Waals surface area contributed by atoms with Crippen LogP contribution in [0.4, 0.5) is 0 Å². The molecule has 0 aliphatic carbocycles. The monoisotopic (exact) mass is 269 g/mol. The van der Waals surface area contributed by atoms with Crippen LogP contribution in [0.1, 0.15) is 27.2 Å². The van der Waals surface area contributed by atoms with Crippen molar-refractivity contribution in [3.8, 4) is 0 Å². The van der Waals surface area contributed by atoms with Crippen LogP contribution in [0.3, 0.4) is 0 Å². The molecule has 98 valence electrons.